The third-order valence-corrected chi connectivity index (χ3v) is 3.22. The van der Waals surface area contributed by atoms with Crippen LogP contribution in [0.4, 0.5) is 0 Å². The van der Waals surface area contributed by atoms with Crippen molar-refractivity contribution in [3.05, 3.63) is 76.9 Å². The van der Waals surface area contributed by atoms with Crippen LogP contribution in [0.5, 0.6) is 0 Å². The molecule has 0 aliphatic heterocycles. The molecule has 0 N–H and O–H groups in total. The molecular weight excluding hydrogens is 252 g/mol. The van der Waals surface area contributed by atoms with E-state index in [4.69, 9.17) is 0 Å². The topological polar surface area (TPSA) is 51.2 Å². The van der Waals surface area contributed by atoms with Gasteiger partial charge in [-0.3, -0.25) is 14.4 Å². The molecule has 0 bridgehead atoms. The molecule has 0 atom stereocenters. The highest BCUT2D eigenvalue weighted by atomic mass is 16.2. The minimum Gasteiger partial charge on any atom is -0.288 e. The highest BCUT2D eigenvalue weighted by Crippen LogP contribution is 2.24. The van der Waals surface area contributed by atoms with Gasteiger partial charge in [-0.25, -0.2) is 0 Å². The van der Waals surface area contributed by atoms with E-state index in [0.717, 1.165) is 5.56 Å². The Bertz CT molecular complexity index is 755. The van der Waals surface area contributed by atoms with Gasteiger partial charge >= 0.3 is 0 Å². The number of carbonyl (C=O) groups excluding carboxylic acids is 3. The Morgan fingerprint density at radius 1 is 0.600 bits per heavy atom. The Morgan fingerprint density at radius 2 is 1.15 bits per heavy atom. The van der Waals surface area contributed by atoms with Crippen LogP contribution in [0.15, 0.2) is 60.2 Å². The number of carbonyl (C=O) groups is 3. The lowest BCUT2D eigenvalue weighted by atomic mass is 9.84. The highest BCUT2D eigenvalue weighted by Gasteiger charge is 2.35. The lowest BCUT2D eigenvalue weighted by Crippen LogP contribution is -2.29. The maximum absolute atomic E-state index is 12.3. The number of allylic oxidation sites excluding steroid dienone is 1. The minimum absolute atomic E-state index is 0.0695. The van der Waals surface area contributed by atoms with Gasteiger partial charge in [0.15, 0.2) is 5.78 Å². The summed E-state index contributed by atoms with van der Waals surface area (Å²) in [4.78, 5) is 36.4. The molecule has 0 fully saturated rings. The van der Waals surface area contributed by atoms with E-state index in [1.165, 1.54) is 12.1 Å². The second kappa shape index (κ2) is 4.70. The summed E-state index contributed by atoms with van der Waals surface area (Å²) in [6.07, 6.45) is 1.47. The van der Waals surface area contributed by atoms with Gasteiger partial charge in [0.25, 0.3) is 0 Å². The van der Waals surface area contributed by atoms with Gasteiger partial charge in [0, 0.05) is 11.1 Å². The van der Waals surface area contributed by atoms with E-state index in [0.29, 0.717) is 5.56 Å². The molecule has 0 saturated heterocycles. The van der Waals surface area contributed by atoms with Crippen molar-refractivity contribution in [2.75, 3.05) is 0 Å². The van der Waals surface area contributed by atoms with Crippen LogP contribution in [-0.2, 0) is 4.79 Å². The molecule has 0 radical (unpaired) electrons. The predicted molar refractivity (Wildman–Crippen MR) is 74.5 cm³/mol. The van der Waals surface area contributed by atoms with Crippen molar-refractivity contribution in [1.29, 1.82) is 0 Å². The third kappa shape index (κ3) is 1.89. The van der Waals surface area contributed by atoms with E-state index < -0.39 is 17.3 Å². The first-order chi connectivity index (χ1) is 9.68. The van der Waals surface area contributed by atoms with Crippen molar-refractivity contribution in [3.63, 3.8) is 0 Å². The molecule has 0 aromatic heterocycles. The fourth-order valence-corrected chi connectivity index (χ4v) is 2.22. The lowest BCUT2D eigenvalue weighted by Gasteiger charge is -2.14. The Balaban J connectivity index is 2.15. The molecule has 0 spiro atoms. The summed E-state index contributed by atoms with van der Waals surface area (Å²) in [5.41, 5.74) is 1.13. The highest BCUT2D eigenvalue weighted by molar-refractivity contribution is 6.60. The number of hydrogen-bond acceptors (Lipinski definition) is 3. The summed E-state index contributed by atoms with van der Waals surface area (Å²) in [6, 6.07) is 15.4. The molecular formula is C17H10O3. The molecule has 1 aliphatic carbocycles. The number of fused-ring (bicyclic) bond motifs is 1. The van der Waals surface area contributed by atoms with Gasteiger partial charge in [-0.15, -0.1) is 0 Å². The van der Waals surface area contributed by atoms with E-state index in [9.17, 15) is 14.4 Å². The first kappa shape index (κ1) is 12.2. The van der Waals surface area contributed by atoms with E-state index in [1.807, 2.05) is 6.07 Å². The SMILES string of the molecule is O=C1C(=O)c2ccccc2C(=O)/C1=C/c1ccccc1. The first-order valence-electron chi connectivity index (χ1n) is 6.18. The van der Waals surface area contributed by atoms with E-state index in [1.54, 1.807) is 42.5 Å². The van der Waals surface area contributed by atoms with E-state index >= 15 is 0 Å². The lowest BCUT2D eigenvalue weighted by molar-refractivity contribution is -0.111. The zero-order valence-electron chi connectivity index (χ0n) is 10.5. The minimum atomic E-state index is -0.738. The summed E-state index contributed by atoms with van der Waals surface area (Å²) in [6.45, 7) is 0. The van der Waals surface area contributed by atoms with Crippen LogP contribution in [0.2, 0.25) is 0 Å². The number of rotatable bonds is 1. The van der Waals surface area contributed by atoms with Crippen molar-refractivity contribution in [1.82, 2.24) is 0 Å². The Kier molecular flexibility index (Phi) is 2.88. The van der Waals surface area contributed by atoms with Gasteiger partial charge in [0.1, 0.15) is 0 Å². The molecule has 3 nitrogen and oxygen atoms in total. The molecule has 2 aromatic carbocycles. The van der Waals surface area contributed by atoms with Crippen molar-refractivity contribution in [3.8, 4) is 0 Å². The summed E-state index contributed by atoms with van der Waals surface area (Å²) < 4.78 is 0. The van der Waals surface area contributed by atoms with Gasteiger partial charge in [-0.2, -0.15) is 0 Å². The molecule has 96 valence electrons. The van der Waals surface area contributed by atoms with Crippen molar-refractivity contribution >= 4 is 23.4 Å². The summed E-state index contributed by atoms with van der Waals surface area (Å²) in [5, 5.41) is 0. The molecule has 3 rings (SSSR count). The van der Waals surface area contributed by atoms with Crippen LogP contribution in [0.3, 0.4) is 0 Å². The van der Waals surface area contributed by atoms with Gasteiger partial charge in [-0.05, 0) is 11.6 Å². The Labute approximate surface area is 115 Å². The van der Waals surface area contributed by atoms with Crippen molar-refractivity contribution in [2.45, 2.75) is 0 Å². The molecule has 3 heteroatoms. The van der Waals surface area contributed by atoms with Gasteiger partial charge in [-0.1, -0.05) is 54.6 Å². The predicted octanol–water partition coefficient (Wildman–Crippen LogP) is 2.72. The van der Waals surface area contributed by atoms with Crippen LogP contribution in [0.25, 0.3) is 6.08 Å². The normalized spacial score (nSPS) is 16.4. The maximum Gasteiger partial charge on any atom is 0.237 e. The molecule has 0 unspecified atom stereocenters. The zero-order valence-corrected chi connectivity index (χ0v) is 10.5. The van der Waals surface area contributed by atoms with Gasteiger partial charge in [0.05, 0.1) is 5.57 Å². The Morgan fingerprint density at radius 3 is 1.80 bits per heavy atom. The molecule has 0 amide bonds. The quantitative estimate of drug-likeness (QED) is 0.451. The number of hydrogen-bond donors (Lipinski definition) is 0. The molecule has 2 aromatic rings. The van der Waals surface area contributed by atoms with Crippen LogP contribution in [-0.4, -0.2) is 17.3 Å². The summed E-state index contributed by atoms with van der Waals surface area (Å²) in [5.74, 6) is -1.76. The fourth-order valence-electron chi connectivity index (χ4n) is 2.22. The summed E-state index contributed by atoms with van der Waals surface area (Å²) in [7, 11) is 0. The molecule has 0 saturated carbocycles. The average molecular weight is 262 g/mol. The average Bonchev–Trinajstić information content (AvgIpc) is 2.50. The smallest absolute Gasteiger partial charge is 0.237 e. The largest absolute Gasteiger partial charge is 0.288 e. The second-order valence-corrected chi connectivity index (χ2v) is 4.50. The molecule has 1 aliphatic rings. The molecule has 0 heterocycles. The number of Topliss-reactive ketones (excluding diaryl/α,β-unsaturated/α-hetero) is 3. The summed E-state index contributed by atoms with van der Waals surface area (Å²) >= 11 is 0. The number of ketones is 3. The van der Waals surface area contributed by atoms with E-state index in [-0.39, 0.29) is 11.1 Å². The van der Waals surface area contributed by atoms with Crippen LogP contribution in [0, 0.1) is 0 Å². The van der Waals surface area contributed by atoms with Crippen LogP contribution < -0.4 is 0 Å². The second-order valence-electron chi connectivity index (χ2n) is 4.50. The van der Waals surface area contributed by atoms with Crippen molar-refractivity contribution in [2.24, 2.45) is 0 Å². The van der Waals surface area contributed by atoms with Gasteiger partial charge < -0.3 is 0 Å². The fraction of sp³-hybridized carbons (Fsp3) is 0. The number of benzene rings is 2. The molecule has 20 heavy (non-hydrogen) atoms. The van der Waals surface area contributed by atoms with Crippen LogP contribution >= 0.6 is 0 Å². The van der Waals surface area contributed by atoms with Crippen LogP contribution in [0.1, 0.15) is 26.3 Å². The first-order valence-corrected chi connectivity index (χ1v) is 6.18. The van der Waals surface area contributed by atoms with Crippen molar-refractivity contribution < 1.29 is 14.4 Å². The monoisotopic (exact) mass is 262 g/mol. The maximum atomic E-state index is 12.3. The standard InChI is InChI=1S/C17H10O3/c18-15-12-8-4-5-9-13(12)16(19)17(20)14(15)10-11-6-2-1-3-7-11/h1-10H/b14-10-. The Hall–Kier alpha value is -2.81. The van der Waals surface area contributed by atoms with Gasteiger partial charge in [0.2, 0.25) is 11.6 Å². The van der Waals surface area contributed by atoms with E-state index in [2.05, 4.69) is 0 Å². The zero-order chi connectivity index (χ0) is 14.1. The third-order valence-electron chi connectivity index (χ3n) is 3.22.